The van der Waals surface area contributed by atoms with E-state index in [9.17, 15) is 9.59 Å². The molecule has 0 saturated carbocycles. The topological polar surface area (TPSA) is 93.3 Å². The third kappa shape index (κ3) is 4.41. The van der Waals surface area contributed by atoms with Gasteiger partial charge in [0.15, 0.2) is 11.5 Å². The fourth-order valence-electron chi connectivity index (χ4n) is 3.03. The van der Waals surface area contributed by atoms with Crippen molar-refractivity contribution in [1.82, 2.24) is 15.3 Å². The lowest BCUT2D eigenvalue weighted by Crippen LogP contribution is -2.34. The number of para-hydroxylation sites is 2. The number of amides is 1. The van der Waals surface area contributed by atoms with Crippen LogP contribution in [0.25, 0.3) is 0 Å². The second-order valence-corrected chi connectivity index (χ2v) is 6.37. The molecule has 1 atom stereocenters. The van der Waals surface area contributed by atoms with Crippen LogP contribution in [-0.2, 0) is 11.2 Å². The van der Waals surface area contributed by atoms with E-state index < -0.39 is 0 Å². The summed E-state index contributed by atoms with van der Waals surface area (Å²) in [5.41, 5.74) is 2.00. The molecule has 1 amide bonds. The molecule has 1 aliphatic heterocycles. The maximum atomic E-state index is 12.1. The highest BCUT2D eigenvalue weighted by Crippen LogP contribution is 2.31. The molecular weight excluding hydrogens is 334 g/mol. The molecule has 0 bridgehead atoms. The zero-order chi connectivity index (χ0) is 18.5. The van der Waals surface area contributed by atoms with Gasteiger partial charge in [-0.3, -0.25) is 4.79 Å². The monoisotopic (exact) mass is 357 g/mol. The van der Waals surface area contributed by atoms with E-state index in [1.165, 1.54) is 0 Å². The van der Waals surface area contributed by atoms with E-state index in [1.807, 2.05) is 31.2 Å². The highest BCUT2D eigenvalue weighted by Gasteiger charge is 2.20. The Hall–Kier alpha value is -2.83. The zero-order valence-electron chi connectivity index (χ0n) is 15.0. The lowest BCUT2D eigenvalue weighted by Gasteiger charge is -2.26. The Morgan fingerprint density at radius 2 is 2.08 bits per heavy atom. The van der Waals surface area contributed by atoms with Crippen LogP contribution in [0.1, 0.15) is 29.8 Å². The number of benzene rings is 1. The number of hydrogen-bond acceptors (Lipinski definition) is 5. The van der Waals surface area contributed by atoms with Crippen LogP contribution in [0, 0.1) is 13.8 Å². The van der Waals surface area contributed by atoms with E-state index in [0.29, 0.717) is 38.1 Å². The summed E-state index contributed by atoms with van der Waals surface area (Å²) in [5, 5.41) is 2.91. The molecule has 2 N–H and O–H groups in total. The average Bonchev–Trinajstić information content (AvgIpc) is 2.60. The van der Waals surface area contributed by atoms with Gasteiger partial charge in [0.05, 0.1) is 0 Å². The number of ether oxygens (including phenoxy) is 2. The molecule has 2 aromatic rings. The van der Waals surface area contributed by atoms with Crippen molar-refractivity contribution in [3.63, 3.8) is 0 Å². The largest absolute Gasteiger partial charge is 0.486 e. The predicted molar refractivity (Wildman–Crippen MR) is 96.6 cm³/mol. The highest BCUT2D eigenvalue weighted by atomic mass is 16.6. The van der Waals surface area contributed by atoms with Gasteiger partial charge in [-0.1, -0.05) is 12.1 Å². The highest BCUT2D eigenvalue weighted by molar-refractivity contribution is 5.76. The molecule has 0 radical (unpaired) electrons. The number of fused-ring (bicyclic) bond motifs is 1. The number of hydrogen-bond donors (Lipinski definition) is 2. The molecule has 3 rings (SSSR count). The van der Waals surface area contributed by atoms with Gasteiger partial charge in [-0.05, 0) is 38.0 Å². The van der Waals surface area contributed by atoms with Gasteiger partial charge in [0.1, 0.15) is 12.7 Å². The number of carbonyl (C=O) groups excluding carboxylic acids is 1. The van der Waals surface area contributed by atoms with Gasteiger partial charge >= 0.3 is 5.69 Å². The van der Waals surface area contributed by atoms with Crippen molar-refractivity contribution in [3.8, 4) is 11.5 Å². The minimum absolute atomic E-state index is 0.0351. The SMILES string of the molecule is Cc1nc(=O)[nH]c(C)c1CCC(=O)NCCC1COc2ccccc2O1. The fraction of sp³-hybridized carbons (Fsp3) is 0.421. The Balaban J connectivity index is 1.42. The molecule has 7 nitrogen and oxygen atoms in total. The van der Waals surface area contributed by atoms with Crippen molar-refractivity contribution in [2.24, 2.45) is 0 Å². The lowest BCUT2D eigenvalue weighted by molar-refractivity contribution is -0.121. The van der Waals surface area contributed by atoms with Crippen molar-refractivity contribution < 1.29 is 14.3 Å². The van der Waals surface area contributed by atoms with Crippen LogP contribution >= 0.6 is 0 Å². The van der Waals surface area contributed by atoms with Gasteiger partial charge in [0.25, 0.3) is 0 Å². The summed E-state index contributed by atoms with van der Waals surface area (Å²) in [6.07, 6.45) is 1.50. The number of nitrogens with one attached hydrogen (secondary N) is 2. The third-order valence-electron chi connectivity index (χ3n) is 4.41. The Morgan fingerprint density at radius 1 is 1.31 bits per heavy atom. The Morgan fingerprint density at radius 3 is 2.85 bits per heavy atom. The molecule has 26 heavy (non-hydrogen) atoms. The number of aromatic nitrogens is 2. The maximum absolute atomic E-state index is 12.1. The van der Waals surface area contributed by atoms with Gasteiger partial charge in [-0.2, -0.15) is 4.98 Å². The Bertz CT molecular complexity index is 821. The Labute approximate surface area is 151 Å². The van der Waals surface area contributed by atoms with Gasteiger partial charge in [0, 0.05) is 30.8 Å². The maximum Gasteiger partial charge on any atom is 0.345 e. The van der Waals surface area contributed by atoms with Crippen LogP contribution in [0.2, 0.25) is 0 Å². The van der Waals surface area contributed by atoms with Crippen molar-refractivity contribution >= 4 is 5.91 Å². The number of H-pyrrole nitrogens is 1. The van der Waals surface area contributed by atoms with E-state index in [2.05, 4.69) is 15.3 Å². The minimum atomic E-state index is -0.357. The first-order valence-electron chi connectivity index (χ1n) is 8.74. The fourth-order valence-corrected chi connectivity index (χ4v) is 3.03. The normalized spacial score (nSPS) is 15.5. The Kier molecular flexibility index (Phi) is 5.55. The average molecular weight is 357 g/mol. The van der Waals surface area contributed by atoms with E-state index in [-0.39, 0.29) is 17.7 Å². The first-order chi connectivity index (χ1) is 12.5. The van der Waals surface area contributed by atoms with E-state index in [1.54, 1.807) is 6.92 Å². The van der Waals surface area contributed by atoms with E-state index >= 15 is 0 Å². The van der Waals surface area contributed by atoms with E-state index in [4.69, 9.17) is 9.47 Å². The smallest absolute Gasteiger partial charge is 0.345 e. The van der Waals surface area contributed by atoms with Gasteiger partial charge in [-0.25, -0.2) is 4.79 Å². The quantitative estimate of drug-likeness (QED) is 0.820. The third-order valence-corrected chi connectivity index (χ3v) is 4.41. The summed E-state index contributed by atoms with van der Waals surface area (Å²) < 4.78 is 11.5. The molecule has 7 heteroatoms. The van der Waals surface area contributed by atoms with Crippen LogP contribution in [0.15, 0.2) is 29.1 Å². The first kappa shape index (κ1) is 18.0. The second kappa shape index (κ2) is 8.03. The molecule has 1 aliphatic rings. The van der Waals surface area contributed by atoms with Gasteiger partial charge in [-0.15, -0.1) is 0 Å². The van der Waals surface area contributed by atoms with Crippen LogP contribution in [-0.4, -0.2) is 35.1 Å². The molecule has 0 saturated heterocycles. The molecule has 2 heterocycles. The predicted octanol–water partition coefficient (Wildman–Crippen LogP) is 1.67. The van der Waals surface area contributed by atoms with Crippen LogP contribution < -0.4 is 20.5 Å². The number of aromatic amines is 1. The summed E-state index contributed by atoms with van der Waals surface area (Å²) in [6, 6.07) is 7.57. The van der Waals surface area contributed by atoms with Crippen molar-refractivity contribution in [3.05, 3.63) is 51.7 Å². The van der Waals surface area contributed by atoms with Crippen molar-refractivity contribution in [2.45, 2.75) is 39.2 Å². The zero-order valence-corrected chi connectivity index (χ0v) is 15.0. The summed E-state index contributed by atoms with van der Waals surface area (Å²) in [7, 11) is 0. The minimum Gasteiger partial charge on any atom is -0.486 e. The van der Waals surface area contributed by atoms with Crippen molar-refractivity contribution in [2.75, 3.05) is 13.2 Å². The van der Waals surface area contributed by atoms with Crippen LogP contribution in [0.3, 0.4) is 0 Å². The van der Waals surface area contributed by atoms with Gasteiger partial charge in [0.2, 0.25) is 5.91 Å². The molecule has 1 aromatic carbocycles. The summed E-state index contributed by atoms with van der Waals surface area (Å²) in [5.74, 6) is 1.46. The summed E-state index contributed by atoms with van der Waals surface area (Å²) in [4.78, 5) is 29.9. The van der Waals surface area contributed by atoms with Gasteiger partial charge < -0.3 is 19.8 Å². The molecular formula is C19H23N3O4. The van der Waals surface area contributed by atoms with Crippen molar-refractivity contribution in [1.29, 1.82) is 0 Å². The summed E-state index contributed by atoms with van der Waals surface area (Å²) in [6.45, 7) is 4.61. The molecule has 138 valence electrons. The van der Waals surface area contributed by atoms with Crippen LogP contribution in [0.4, 0.5) is 0 Å². The number of carbonyl (C=O) groups is 1. The summed E-state index contributed by atoms with van der Waals surface area (Å²) >= 11 is 0. The molecule has 0 spiro atoms. The molecule has 0 fully saturated rings. The molecule has 0 aliphatic carbocycles. The lowest BCUT2D eigenvalue weighted by atomic mass is 10.1. The number of aryl methyl sites for hydroxylation is 2. The molecule has 1 unspecified atom stereocenters. The number of nitrogens with zero attached hydrogens (tertiary/aromatic N) is 1. The van der Waals surface area contributed by atoms with E-state index in [0.717, 1.165) is 22.8 Å². The standard InChI is InChI=1S/C19H23N3O4/c1-12-15(13(2)22-19(24)21-12)7-8-18(23)20-10-9-14-11-25-16-5-3-4-6-17(16)26-14/h3-6,14H,7-11H2,1-2H3,(H,20,23)(H,21,22,24). The van der Waals surface area contributed by atoms with Crippen LogP contribution in [0.5, 0.6) is 11.5 Å². The first-order valence-corrected chi connectivity index (χ1v) is 8.74. The second-order valence-electron chi connectivity index (χ2n) is 6.37. The number of rotatable bonds is 6. The molecule has 1 aromatic heterocycles.